The number of thiazole rings is 1. The van der Waals surface area contributed by atoms with Crippen molar-refractivity contribution in [3.05, 3.63) is 68.8 Å². The molecule has 2 aromatic heterocycles. The van der Waals surface area contributed by atoms with E-state index in [0.717, 1.165) is 11.3 Å². The summed E-state index contributed by atoms with van der Waals surface area (Å²) < 4.78 is 0. The lowest BCUT2D eigenvalue weighted by Gasteiger charge is -1.99. The normalized spacial score (nSPS) is 11.0. The molecule has 23 heavy (non-hydrogen) atoms. The Bertz CT molecular complexity index is 906. The summed E-state index contributed by atoms with van der Waals surface area (Å²) in [6, 6.07) is 9.88. The van der Waals surface area contributed by atoms with Crippen LogP contribution in [0.2, 0.25) is 0 Å². The van der Waals surface area contributed by atoms with E-state index in [1.165, 1.54) is 11.3 Å². The number of anilines is 1. The molecule has 0 aliphatic carbocycles. The van der Waals surface area contributed by atoms with E-state index < -0.39 is 11.6 Å². The first kappa shape index (κ1) is 15.0. The van der Waals surface area contributed by atoms with Crippen molar-refractivity contribution in [2.24, 2.45) is 0 Å². The average molecular weight is 326 g/mol. The Morgan fingerprint density at radius 2 is 2.00 bits per heavy atom. The van der Waals surface area contributed by atoms with Crippen LogP contribution in [0.15, 0.2) is 40.5 Å². The fourth-order valence-corrected chi connectivity index (χ4v) is 2.70. The summed E-state index contributed by atoms with van der Waals surface area (Å²) in [5, 5.41) is 5.00. The van der Waals surface area contributed by atoms with Gasteiger partial charge < -0.3 is 9.97 Å². The highest BCUT2D eigenvalue weighted by Crippen LogP contribution is 2.18. The van der Waals surface area contributed by atoms with E-state index in [1.54, 1.807) is 6.92 Å². The lowest BCUT2D eigenvalue weighted by molar-refractivity contribution is 0.102. The number of imidazole rings is 1. The summed E-state index contributed by atoms with van der Waals surface area (Å²) in [5.41, 5.74) is 2.14. The first-order chi connectivity index (χ1) is 11.1. The third-order valence-electron chi connectivity index (χ3n) is 3.13. The zero-order valence-electron chi connectivity index (χ0n) is 12.3. The Balaban J connectivity index is 1.70. The van der Waals surface area contributed by atoms with Crippen LogP contribution in [0.4, 0.5) is 5.13 Å². The molecule has 1 aromatic carbocycles. The number of nitrogens with zero attached hydrogens (tertiary/aromatic N) is 1. The Kier molecular flexibility index (Phi) is 4.20. The van der Waals surface area contributed by atoms with Gasteiger partial charge in [-0.3, -0.25) is 10.1 Å². The molecule has 6 nitrogen and oxygen atoms in total. The zero-order valence-corrected chi connectivity index (χ0v) is 13.1. The predicted molar refractivity (Wildman–Crippen MR) is 91.6 cm³/mol. The van der Waals surface area contributed by atoms with Crippen molar-refractivity contribution in [1.82, 2.24) is 15.0 Å². The molecule has 0 atom stereocenters. The largest absolute Gasteiger partial charge is 0.323 e. The number of H-pyrrole nitrogens is 2. The third kappa shape index (κ3) is 3.64. The first-order valence-electron chi connectivity index (χ1n) is 6.91. The Labute approximate surface area is 135 Å². The minimum absolute atomic E-state index is 0.214. The van der Waals surface area contributed by atoms with E-state index in [9.17, 15) is 9.59 Å². The van der Waals surface area contributed by atoms with Gasteiger partial charge in [0, 0.05) is 11.1 Å². The number of carbonyl (C=O) groups excluding carboxylic acids is 1. The highest BCUT2D eigenvalue weighted by molar-refractivity contribution is 7.14. The molecular formula is C16H14N4O2S. The standard InChI is InChI=1S/C16H14N4O2S/c1-10-13(19-15(22)17-10)14(21)20-16-18-12(9-23-16)8-7-11-5-3-2-4-6-11/h2-9H,1H3,(H2,17,19,22)(H,18,20,21)/b8-7+. The van der Waals surface area contributed by atoms with E-state index in [2.05, 4.69) is 20.3 Å². The molecular weight excluding hydrogens is 312 g/mol. The number of carbonyl (C=O) groups is 1. The maximum atomic E-state index is 12.1. The fraction of sp³-hybridized carbons (Fsp3) is 0.0625. The number of rotatable bonds is 4. The average Bonchev–Trinajstić information content (AvgIpc) is 3.12. The van der Waals surface area contributed by atoms with Gasteiger partial charge >= 0.3 is 5.69 Å². The van der Waals surface area contributed by atoms with E-state index >= 15 is 0 Å². The number of aromatic amines is 2. The van der Waals surface area contributed by atoms with Gasteiger partial charge in [0.15, 0.2) is 5.13 Å². The van der Waals surface area contributed by atoms with Gasteiger partial charge in [-0.05, 0) is 18.6 Å². The maximum absolute atomic E-state index is 12.1. The van der Waals surface area contributed by atoms with Crippen LogP contribution in [-0.4, -0.2) is 20.9 Å². The van der Waals surface area contributed by atoms with Gasteiger partial charge in [-0.2, -0.15) is 0 Å². The van der Waals surface area contributed by atoms with Crippen LogP contribution in [0.1, 0.15) is 27.4 Å². The Hall–Kier alpha value is -2.93. The maximum Gasteiger partial charge on any atom is 0.323 e. The Morgan fingerprint density at radius 3 is 2.70 bits per heavy atom. The van der Waals surface area contributed by atoms with Crippen molar-refractivity contribution in [2.45, 2.75) is 6.92 Å². The molecule has 0 fully saturated rings. The molecule has 2 heterocycles. The van der Waals surface area contributed by atoms with Gasteiger partial charge in [0.2, 0.25) is 0 Å². The topological polar surface area (TPSA) is 90.6 Å². The van der Waals surface area contributed by atoms with Crippen molar-refractivity contribution in [2.75, 3.05) is 5.32 Å². The first-order valence-corrected chi connectivity index (χ1v) is 7.78. The van der Waals surface area contributed by atoms with Crippen molar-refractivity contribution in [1.29, 1.82) is 0 Å². The molecule has 0 saturated heterocycles. The summed E-state index contributed by atoms with van der Waals surface area (Å²) in [7, 11) is 0. The molecule has 0 spiro atoms. The zero-order chi connectivity index (χ0) is 16.2. The molecule has 0 aliphatic rings. The highest BCUT2D eigenvalue weighted by Gasteiger charge is 2.13. The molecule has 0 saturated carbocycles. The van der Waals surface area contributed by atoms with E-state index in [1.807, 2.05) is 47.9 Å². The minimum atomic E-state index is -0.404. The molecule has 3 N–H and O–H groups in total. The van der Waals surface area contributed by atoms with Crippen molar-refractivity contribution >= 4 is 34.5 Å². The molecule has 3 aromatic rings. The van der Waals surface area contributed by atoms with Crippen LogP contribution in [-0.2, 0) is 0 Å². The lowest BCUT2D eigenvalue weighted by Crippen LogP contribution is -2.14. The van der Waals surface area contributed by atoms with Gasteiger partial charge in [0.05, 0.1) is 5.69 Å². The van der Waals surface area contributed by atoms with Gasteiger partial charge in [-0.25, -0.2) is 9.78 Å². The van der Waals surface area contributed by atoms with Gasteiger partial charge in [-0.15, -0.1) is 11.3 Å². The summed E-state index contributed by atoms with van der Waals surface area (Å²) in [5.74, 6) is -0.395. The van der Waals surface area contributed by atoms with Gasteiger partial charge in [0.1, 0.15) is 5.69 Å². The lowest BCUT2D eigenvalue weighted by atomic mass is 10.2. The molecule has 1 amide bonds. The van der Waals surface area contributed by atoms with Crippen LogP contribution in [0.3, 0.4) is 0 Å². The van der Waals surface area contributed by atoms with Crippen molar-refractivity contribution in [3.8, 4) is 0 Å². The van der Waals surface area contributed by atoms with Crippen LogP contribution in [0.25, 0.3) is 12.2 Å². The molecule has 3 rings (SSSR count). The van der Waals surface area contributed by atoms with E-state index in [0.29, 0.717) is 10.8 Å². The van der Waals surface area contributed by atoms with Crippen LogP contribution in [0, 0.1) is 6.92 Å². The molecule has 7 heteroatoms. The second-order valence-electron chi connectivity index (χ2n) is 4.85. The minimum Gasteiger partial charge on any atom is -0.309 e. The summed E-state index contributed by atoms with van der Waals surface area (Å²) in [4.78, 5) is 32.6. The Morgan fingerprint density at radius 1 is 1.22 bits per heavy atom. The van der Waals surface area contributed by atoms with E-state index in [-0.39, 0.29) is 5.69 Å². The van der Waals surface area contributed by atoms with Crippen LogP contribution < -0.4 is 11.0 Å². The smallest absolute Gasteiger partial charge is 0.309 e. The third-order valence-corrected chi connectivity index (χ3v) is 3.91. The summed E-state index contributed by atoms with van der Waals surface area (Å²) in [6.07, 6.45) is 3.83. The monoisotopic (exact) mass is 326 g/mol. The second-order valence-corrected chi connectivity index (χ2v) is 5.71. The molecule has 0 unspecified atom stereocenters. The quantitative estimate of drug-likeness (QED) is 0.688. The molecule has 116 valence electrons. The second kappa shape index (κ2) is 6.45. The number of amides is 1. The number of benzene rings is 1. The van der Waals surface area contributed by atoms with Crippen molar-refractivity contribution < 1.29 is 4.79 Å². The predicted octanol–water partition coefficient (Wildman–Crippen LogP) is 2.89. The highest BCUT2D eigenvalue weighted by atomic mass is 32.1. The number of aromatic nitrogens is 3. The number of hydrogen-bond acceptors (Lipinski definition) is 4. The van der Waals surface area contributed by atoms with Crippen molar-refractivity contribution in [3.63, 3.8) is 0 Å². The van der Waals surface area contributed by atoms with Gasteiger partial charge in [0.25, 0.3) is 5.91 Å². The van der Waals surface area contributed by atoms with E-state index in [4.69, 9.17) is 0 Å². The SMILES string of the molecule is Cc1[nH]c(=O)[nH]c1C(=O)Nc1nc(/C=C/c2ccccc2)cs1. The summed E-state index contributed by atoms with van der Waals surface area (Å²) in [6.45, 7) is 1.66. The van der Waals surface area contributed by atoms with Crippen LogP contribution >= 0.6 is 11.3 Å². The van der Waals surface area contributed by atoms with Gasteiger partial charge in [-0.1, -0.05) is 36.4 Å². The molecule has 0 bridgehead atoms. The fourth-order valence-electron chi connectivity index (χ4n) is 2.02. The molecule has 0 radical (unpaired) electrons. The summed E-state index contributed by atoms with van der Waals surface area (Å²) >= 11 is 1.32. The van der Waals surface area contributed by atoms with Crippen LogP contribution in [0.5, 0.6) is 0 Å². The number of nitrogens with one attached hydrogen (secondary N) is 3. The number of aryl methyl sites for hydroxylation is 1. The molecule has 0 aliphatic heterocycles. The number of hydrogen-bond donors (Lipinski definition) is 3.